The summed E-state index contributed by atoms with van der Waals surface area (Å²) in [7, 11) is -1.70. The summed E-state index contributed by atoms with van der Waals surface area (Å²) in [5.41, 5.74) is 1.65. The molecule has 0 aliphatic heterocycles. The standard InChI is InChI=1S/C14H21ClN2O2S/c1-9-12(8-16-3)6-13(15)7-14(9)20(18,19)17-10(2)11-4-5-11/h6-7,10-11,16-17H,4-5,8H2,1-3H3. The molecule has 4 nitrogen and oxygen atoms in total. The Bertz CT molecular complexity index is 597. The lowest BCUT2D eigenvalue weighted by Gasteiger charge is -2.17. The van der Waals surface area contributed by atoms with Crippen LogP contribution in [0.1, 0.15) is 30.9 Å². The molecule has 6 heteroatoms. The first-order valence-electron chi connectivity index (χ1n) is 6.81. The number of rotatable bonds is 6. The molecule has 1 unspecified atom stereocenters. The second-order valence-corrected chi connectivity index (χ2v) is 7.58. The summed E-state index contributed by atoms with van der Waals surface area (Å²) in [6, 6.07) is 3.31. The second kappa shape index (κ2) is 6.02. The lowest BCUT2D eigenvalue weighted by atomic mass is 10.1. The molecule has 1 atom stereocenters. The van der Waals surface area contributed by atoms with Gasteiger partial charge in [0.25, 0.3) is 0 Å². The SMILES string of the molecule is CNCc1cc(Cl)cc(S(=O)(=O)NC(C)C2CC2)c1C. The Morgan fingerprint density at radius 1 is 1.40 bits per heavy atom. The van der Waals surface area contributed by atoms with Gasteiger partial charge >= 0.3 is 0 Å². The van der Waals surface area contributed by atoms with Crippen molar-refractivity contribution in [3.63, 3.8) is 0 Å². The average molecular weight is 317 g/mol. The van der Waals surface area contributed by atoms with E-state index in [9.17, 15) is 8.42 Å². The summed E-state index contributed by atoms with van der Waals surface area (Å²) in [6.07, 6.45) is 2.20. The highest BCUT2D eigenvalue weighted by Crippen LogP contribution is 2.33. The van der Waals surface area contributed by atoms with Crippen molar-refractivity contribution < 1.29 is 8.42 Å². The fourth-order valence-electron chi connectivity index (χ4n) is 2.36. The number of hydrogen-bond donors (Lipinski definition) is 2. The van der Waals surface area contributed by atoms with Crippen molar-refractivity contribution in [2.45, 2.75) is 44.2 Å². The van der Waals surface area contributed by atoms with Crippen LogP contribution in [0.25, 0.3) is 0 Å². The van der Waals surface area contributed by atoms with Gasteiger partial charge in [-0.3, -0.25) is 0 Å². The van der Waals surface area contributed by atoms with Gasteiger partial charge < -0.3 is 5.32 Å². The van der Waals surface area contributed by atoms with Gasteiger partial charge in [0.1, 0.15) is 0 Å². The maximum absolute atomic E-state index is 12.5. The normalized spacial score (nSPS) is 17.2. The molecule has 20 heavy (non-hydrogen) atoms. The Hall–Kier alpha value is -0.620. The molecule has 1 aliphatic carbocycles. The van der Waals surface area contributed by atoms with Crippen LogP contribution in [-0.4, -0.2) is 21.5 Å². The first kappa shape index (κ1) is 15.8. The zero-order valence-corrected chi connectivity index (χ0v) is 13.6. The average Bonchev–Trinajstić information content (AvgIpc) is 3.17. The van der Waals surface area contributed by atoms with Crippen LogP contribution >= 0.6 is 11.6 Å². The third-order valence-corrected chi connectivity index (χ3v) is 5.66. The highest BCUT2D eigenvalue weighted by molar-refractivity contribution is 7.89. The Kier molecular flexibility index (Phi) is 4.74. The van der Waals surface area contributed by atoms with Crippen molar-refractivity contribution in [2.75, 3.05) is 7.05 Å². The van der Waals surface area contributed by atoms with E-state index < -0.39 is 10.0 Å². The molecule has 1 aromatic carbocycles. The van der Waals surface area contributed by atoms with Crippen molar-refractivity contribution >= 4 is 21.6 Å². The molecule has 1 fully saturated rings. The van der Waals surface area contributed by atoms with Crippen molar-refractivity contribution in [1.82, 2.24) is 10.0 Å². The zero-order chi connectivity index (χ0) is 14.9. The highest BCUT2D eigenvalue weighted by Gasteiger charge is 2.32. The summed E-state index contributed by atoms with van der Waals surface area (Å²) in [4.78, 5) is 0.280. The molecule has 0 spiro atoms. The quantitative estimate of drug-likeness (QED) is 0.847. The predicted octanol–water partition coefficient (Wildman–Crippen LogP) is 2.44. The number of sulfonamides is 1. The van der Waals surface area contributed by atoms with E-state index in [4.69, 9.17) is 11.6 Å². The lowest BCUT2D eigenvalue weighted by molar-refractivity contribution is 0.537. The Labute approximate surface area is 126 Å². The minimum atomic E-state index is -3.52. The Balaban J connectivity index is 2.34. The van der Waals surface area contributed by atoms with Gasteiger partial charge in [-0.2, -0.15) is 0 Å². The van der Waals surface area contributed by atoms with Gasteiger partial charge in [0, 0.05) is 17.6 Å². The van der Waals surface area contributed by atoms with E-state index in [2.05, 4.69) is 10.0 Å². The monoisotopic (exact) mass is 316 g/mol. The lowest BCUT2D eigenvalue weighted by Crippen LogP contribution is -2.34. The number of halogens is 1. The molecule has 0 aromatic heterocycles. The van der Waals surface area contributed by atoms with Crippen LogP contribution in [0.4, 0.5) is 0 Å². The topological polar surface area (TPSA) is 58.2 Å². The largest absolute Gasteiger partial charge is 0.316 e. The van der Waals surface area contributed by atoms with Crippen molar-refractivity contribution in [3.8, 4) is 0 Å². The second-order valence-electron chi connectivity index (χ2n) is 5.47. The van der Waals surface area contributed by atoms with Crippen LogP contribution < -0.4 is 10.0 Å². The molecule has 2 rings (SSSR count). The first-order valence-corrected chi connectivity index (χ1v) is 8.67. The van der Waals surface area contributed by atoms with Crippen molar-refractivity contribution in [2.24, 2.45) is 5.92 Å². The molecule has 0 heterocycles. The van der Waals surface area contributed by atoms with E-state index in [-0.39, 0.29) is 10.9 Å². The van der Waals surface area contributed by atoms with Gasteiger partial charge in [0.15, 0.2) is 0 Å². The molecule has 1 aliphatic rings. The molecule has 0 radical (unpaired) electrons. The van der Waals surface area contributed by atoms with E-state index >= 15 is 0 Å². The van der Waals surface area contributed by atoms with Gasteiger partial charge in [-0.25, -0.2) is 13.1 Å². The van der Waals surface area contributed by atoms with E-state index in [1.54, 1.807) is 6.07 Å². The van der Waals surface area contributed by atoms with Gasteiger partial charge in [0.05, 0.1) is 4.90 Å². The first-order chi connectivity index (χ1) is 9.35. The summed E-state index contributed by atoms with van der Waals surface area (Å²) >= 11 is 6.06. The van der Waals surface area contributed by atoms with Crippen molar-refractivity contribution in [1.29, 1.82) is 0 Å². The van der Waals surface area contributed by atoms with Gasteiger partial charge in [-0.15, -0.1) is 0 Å². The van der Waals surface area contributed by atoms with Crippen LogP contribution in [0.15, 0.2) is 17.0 Å². The Morgan fingerprint density at radius 2 is 2.05 bits per heavy atom. The van der Waals surface area contributed by atoms with Crippen LogP contribution in [0, 0.1) is 12.8 Å². The molecular weight excluding hydrogens is 296 g/mol. The smallest absolute Gasteiger partial charge is 0.241 e. The van der Waals surface area contributed by atoms with E-state index in [0.717, 1.165) is 24.0 Å². The van der Waals surface area contributed by atoms with E-state index in [0.29, 0.717) is 17.5 Å². The molecule has 1 saturated carbocycles. The number of hydrogen-bond acceptors (Lipinski definition) is 3. The van der Waals surface area contributed by atoms with Crippen LogP contribution in [0.5, 0.6) is 0 Å². The molecule has 0 saturated heterocycles. The minimum Gasteiger partial charge on any atom is -0.316 e. The van der Waals surface area contributed by atoms with Gasteiger partial charge in [0.2, 0.25) is 10.0 Å². The number of nitrogens with one attached hydrogen (secondary N) is 2. The van der Waals surface area contributed by atoms with Crippen molar-refractivity contribution in [3.05, 3.63) is 28.3 Å². The molecule has 0 amide bonds. The van der Waals surface area contributed by atoms with Crippen LogP contribution in [0.3, 0.4) is 0 Å². The molecule has 2 N–H and O–H groups in total. The van der Waals surface area contributed by atoms with E-state index in [1.165, 1.54) is 6.07 Å². The summed E-state index contributed by atoms with van der Waals surface area (Å²) in [5.74, 6) is 0.473. The molecule has 0 bridgehead atoms. The highest BCUT2D eigenvalue weighted by atomic mass is 35.5. The maximum Gasteiger partial charge on any atom is 0.241 e. The van der Waals surface area contributed by atoms with Gasteiger partial charge in [-0.05, 0) is 62.9 Å². The third kappa shape index (κ3) is 3.52. The third-order valence-electron chi connectivity index (χ3n) is 3.76. The molecule has 1 aromatic rings. The van der Waals surface area contributed by atoms with E-state index in [1.807, 2.05) is 20.9 Å². The summed E-state index contributed by atoms with van der Waals surface area (Å²) < 4.78 is 27.8. The fourth-order valence-corrected chi connectivity index (χ4v) is 4.29. The Morgan fingerprint density at radius 3 is 2.60 bits per heavy atom. The number of benzene rings is 1. The zero-order valence-electron chi connectivity index (χ0n) is 12.0. The summed E-state index contributed by atoms with van der Waals surface area (Å²) in [6.45, 7) is 4.33. The minimum absolute atomic E-state index is 0.0221. The maximum atomic E-state index is 12.5. The van der Waals surface area contributed by atoms with Crippen LogP contribution in [0.2, 0.25) is 5.02 Å². The van der Waals surface area contributed by atoms with Crippen LogP contribution in [-0.2, 0) is 16.6 Å². The molecular formula is C14H21ClN2O2S. The summed E-state index contributed by atoms with van der Waals surface area (Å²) in [5, 5.41) is 3.47. The van der Waals surface area contributed by atoms with Gasteiger partial charge in [-0.1, -0.05) is 11.6 Å². The predicted molar refractivity (Wildman–Crippen MR) is 81.5 cm³/mol. The molecule has 112 valence electrons. The fraction of sp³-hybridized carbons (Fsp3) is 0.571.